The summed E-state index contributed by atoms with van der Waals surface area (Å²) in [6.45, 7) is 4.88. The third-order valence-corrected chi connectivity index (χ3v) is 19.2. The van der Waals surface area contributed by atoms with E-state index in [2.05, 4.69) is 76.3 Å². The highest BCUT2D eigenvalue weighted by atomic mass is 31.2. The summed E-state index contributed by atoms with van der Waals surface area (Å²) in [5.41, 5.74) is 0. The number of carbonyl (C=O) groups excluding carboxylic acids is 4. The number of hydrogen-bond donors (Lipinski definition) is 3. The minimum atomic E-state index is -4.97. The number of carbonyl (C=O) groups is 4. The van der Waals surface area contributed by atoms with Crippen molar-refractivity contribution in [2.45, 2.75) is 393 Å². The molecule has 0 aliphatic rings. The highest BCUT2D eigenvalue weighted by Gasteiger charge is 2.30. The second-order valence-corrected chi connectivity index (χ2v) is 29.9. The van der Waals surface area contributed by atoms with Crippen molar-refractivity contribution in [3.05, 3.63) is 48.6 Å². The van der Waals surface area contributed by atoms with Gasteiger partial charge in [-0.15, -0.1) is 0 Å². The number of hydrogen-bond acceptors (Lipinski definition) is 15. The quantitative estimate of drug-likeness (QED) is 0.0128. The van der Waals surface area contributed by atoms with Crippen LogP contribution in [0.25, 0.3) is 0 Å². The lowest BCUT2D eigenvalue weighted by molar-refractivity contribution is -0.161. The number of unbranched alkanes of at least 4 members (excludes halogenated alkanes) is 43. The molecule has 0 radical (unpaired) electrons. The van der Waals surface area contributed by atoms with E-state index in [0.29, 0.717) is 25.7 Å². The Hall–Kier alpha value is -2.98. The predicted molar refractivity (Wildman–Crippen MR) is 400 cm³/mol. The Labute approximate surface area is 597 Å². The summed E-state index contributed by atoms with van der Waals surface area (Å²) in [5.74, 6) is -2.17. The summed E-state index contributed by atoms with van der Waals surface area (Å²) in [4.78, 5) is 72.9. The van der Waals surface area contributed by atoms with E-state index in [9.17, 15) is 43.2 Å². The maximum absolute atomic E-state index is 13.1. The van der Waals surface area contributed by atoms with Crippen molar-refractivity contribution >= 4 is 39.5 Å². The first-order chi connectivity index (χ1) is 47.7. The van der Waals surface area contributed by atoms with Crippen molar-refractivity contribution in [2.24, 2.45) is 0 Å². The molecule has 574 valence electrons. The molecule has 0 saturated heterocycles. The van der Waals surface area contributed by atoms with Gasteiger partial charge in [0.05, 0.1) is 26.4 Å². The first-order valence-electron chi connectivity index (χ1n) is 39.9. The molecule has 98 heavy (non-hydrogen) atoms. The molecule has 17 nitrogen and oxygen atoms in total. The molecule has 0 aromatic heterocycles. The topological polar surface area (TPSA) is 237 Å². The van der Waals surface area contributed by atoms with Crippen molar-refractivity contribution in [1.82, 2.24) is 0 Å². The third kappa shape index (κ3) is 71.4. The van der Waals surface area contributed by atoms with Crippen LogP contribution >= 0.6 is 15.6 Å². The van der Waals surface area contributed by atoms with Crippen LogP contribution in [0.5, 0.6) is 0 Å². The second-order valence-electron chi connectivity index (χ2n) is 27.0. The highest BCUT2D eigenvalue weighted by molar-refractivity contribution is 7.47. The molecular formula is C79H146O17P2. The van der Waals surface area contributed by atoms with Crippen LogP contribution in [0, 0.1) is 0 Å². The predicted octanol–water partition coefficient (Wildman–Crippen LogP) is 22.9. The SMILES string of the molecule is CCCCCC/C=C\C=C/CCCCCCCC(=O)OC[C@H](COP(=O)(O)OC[C@H](O)COP(=O)(O)OC[C@@H](COC(=O)CCCCCCC/C=C\CCCCCCCC)OC(=O)CCCCCCCCCCCCCCC)OC(=O)CCCCCCC/C=C\CCCCCCCC. The van der Waals surface area contributed by atoms with Crippen LogP contribution in [0.1, 0.15) is 374 Å². The zero-order valence-corrected chi connectivity index (χ0v) is 64.5. The van der Waals surface area contributed by atoms with Crippen molar-refractivity contribution in [3.8, 4) is 0 Å². The summed E-state index contributed by atoms with van der Waals surface area (Å²) in [7, 11) is -9.94. The monoisotopic (exact) mass is 1430 g/mol. The molecule has 0 rings (SSSR count). The van der Waals surface area contributed by atoms with Gasteiger partial charge in [0, 0.05) is 25.7 Å². The smallest absolute Gasteiger partial charge is 0.462 e. The van der Waals surface area contributed by atoms with Gasteiger partial charge < -0.3 is 33.8 Å². The van der Waals surface area contributed by atoms with Gasteiger partial charge in [0.25, 0.3) is 0 Å². The third-order valence-electron chi connectivity index (χ3n) is 17.3. The Balaban J connectivity index is 5.33. The molecule has 3 N–H and O–H groups in total. The number of esters is 4. The lowest BCUT2D eigenvalue weighted by Gasteiger charge is -2.21. The normalized spacial score (nSPS) is 14.2. The van der Waals surface area contributed by atoms with E-state index in [4.69, 9.17) is 37.0 Å². The standard InChI is InChI=1S/C79H146O17P2/c1-5-9-13-17-21-25-29-33-36-40-43-47-51-55-59-63-76(81)89-69-74(95-78(83)65-61-57-53-49-45-39-32-28-24-20-16-12-8-4)71-93-97(85,86)91-67-73(80)68-92-98(87,88)94-72-75(96-79(84)66-62-58-54-50-46-42-38-35-31-27-23-19-15-11-7-3)70-90-77(82)64-60-56-52-48-44-41-37-34-30-26-22-18-14-10-6-2/h26,30,33-38,73-75,80H,5-25,27-29,31-32,39-72H2,1-4H3,(H,85,86)(H,87,88)/b30-26-,36-33-,37-34-,38-35-/t73-,74-,75-/m1/s1. The minimum absolute atomic E-state index is 0.0865. The number of aliphatic hydroxyl groups is 1. The molecule has 0 bridgehead atoms. The fourth-order valence-corrected chi connectivity index (χ4v) is 12.7. The molecule has 2 unspecified atom stereocenters. The molecule has 19 heteroatoms. The van der Waals surface area contributed by atoms with Crippen molar-refractivity contribution < 1.29 is 80.2 Å². The molecule has 0 aliphatic carbocycles. The lowest BCUT2D eigenvalue weighted by Crippen LogP contribution is -2.30. The van der Waals surface area contributed by atoms with E-state index >= 15 is 0 Å². The number of allylic oxidation sites excluding steroid dienone is 8. The maximum Gasteiger partial charge on any atom is 0.472 e. The van der Waals surface area contributed by atoms with Crippen LogP contribution in [-0.2, 0) is 65.4 Å². The molecule has 0 heterocycles. The number of ether oxygens (including phenoxy) is 4. The fourth-order valence-electron chi connectivity index (χ4n) is 11.1. The van der Waals surface area contributed by atoms with Crippen LogP contribution in [0.4, 0.5) is 0 Å². The summed E-state index contributed by atoms with van der Waals surface area (Å²) in [6.07, 6.45) is 69.4. The first kappa shape index (κ1) is 95.0. The average Bonchev–Trinajstić information content (AvgIpc) is 1.04. The zero-order valence-electron chi connectivity index (χ0n) is 62.7. The fraction of sp³-hybridized carbons (Fsp3) is 0.848. The molecule has 0 aliphatic heterocycles. The molecule has 0 spiro atoms. The first-order valence-corrected chi connectivity index (χ1v) is 42.9. The van der Waals surface area contributed by atoms with E-state index in [-0.39, 0.29) is 25.7 Å². The highest BCUT2D eigenvalue weighted by Crippen LogP contribution is 2.45. The number of rotatable bonds is 76. The van der Waals surface area contributed by atoms with E-state index in [1.165, 1.54) is 154 Å². The molecule has 0 saturated carbocycles. The van der Waals surface area contributed by atoms with E-state index in [1.54, 1.807) is 0 Å². The van der Waals surface area contributed by atoms with Gasteiger partial charge in [-0.3, -0.25) is 37.3 Å². The van der Waals surface area contributed by atoms with E-state index in [1.807, 2.05) is 0 Å². The van der Waals surface area contributed by atoms with Gasteiger partial charge in [0.1, 0.15) is 19.3 Å². The van der Waals surface area contributed by atoms with Gasteiger partial charge in [-0.05, 0) is 103 Å². The number of aliphatic hydroxyl groups excluding tert-OH is 1. The van der Waals surface area contributed by atoms with Gasteiger partial charge in [-0.1, -0.05) is 295 Å². The van der Waals surface area contributed by atoms with Gasteiger partial charge in [0.15, 0.2) is 12.2 Å². The van der Waals surface area contributed by atoms with E-state index in [0.717, 1.165) is 141 Å². The minimum Gasteiger partial charge on any atom is -0.462 e. The lowest BCUT2D eigenvalue weighted by atomic mass is 10.0. The number of phosphoric ester groups is 2. The Morgan fingerprint density at radius 1 is 0.286 bits per heavy atom. The molecule has 0 aromatic rings. The zero-order chi connectivity index (χ0) is 71.8. The molecule has 5 atom stereocenters. The Kier molecular flexibility index (Phi) is 70.2. The van der Waals surface area contributed by atoms with Crippen LogP contribution < -0.4 is 0 Å². The Morgan fingerprint density at radius 3 is 0.776 bits per heavy atom. The molecule has 0 aromatic carbocycles. The molecular weight excluding hydrogens is 1280 g/mol. The van der Waals surface area contributed by atoms with Crippen LogP contribution in [-0.4, -0.2) is 96.7 Å². The summed E-state index contributed by atoms with van der Waals surface area (Å²) in [5, 5.41) is 10.6. The van der Waals surface area contributed by atoms with Crippen molar-refractivity contribution in [1.29, 1.82) is 0 Å². The van der Waals surface area contributed by atoms with Gasteiger partial charge >= 0.3 is 39.5 Å². The van der Waals surface area contributed by atoms with Crippen LogP contribution in [0.3, 0.4) is 0 Å². The van der Waals surface area contributed by atoms with Crippen LogP contribution in [0.15, 0.2) is 48.6 Å². The Morgan fingerprint density at radius 2 is 0.500 bits per heavy atom. The maximum atomic E-state index is 13.1. The summed E-state index contributed by atoms with van der Waals surface area (Å²) in [6, 6.07) is 0. The van der Waals surface area contributed by atoms with Crippen molar-refractivity contribution in [3.63, 3.8) is 0 Å². The van der Waals surface area contributed by atoms with Crippen molar-refractivity contribution in [2.75, 3.05) is 39.6 Å². The average molecular weight is 1430 g/mol. The second kappa shape index (κ2) is 72.4. The molecule has 0 amide bonds. The van der Waals surface area contributed by atoms with E-state index < -0.39 is 97.5 Å². The van der Waals surface area contributed by atoms with Crippen LogP contribution in [0.2, 0.25) is 0 Å². The summed E-state index contributed by atoms with van der Waals surface area (Å²) >= 11 is 0. The van der Waals surface area contributed by atoms with Gasteiger partial charge in [-0.25, -0.2) is 9.13 Å². The Bertz CT molecular complexity index is 2050. The summed E-state index contributed by atoms with van der Waals surface area (Å²) < 4.78 is 68.6. The number of phosphoric acid groups is 2. The molecule has 0 fully saturated rings. The van der Waals surface area contributed by atoms with Gasteiger partial charge in [-0.2, -0.15) is 0 Å². The van der Waals surface area contributed by atoms with Gasteiger partial charge in [0.2, 0.25) is 0 Å². The largest absolute Gasteiger partial charge is 0.472 e.